The lowest BCUT2D eigenvalue weighted by atomic mass is 9.82. The van der Waals surface area contributed by atoms with Gasteiger partial charge in [-0.1, -0.05) is 19.1 Å². The summed E-state index contributed by atoms with van der Waals surface area (Å²) in [5, 5.41) is 25.9. The van der Waals surface area contributed by atoms with Gasteiger partial charge in [0.05, 0.1) is 23.0 Å². The Morgan fingerprint density at radius 3 is 2.34 bits per heavy atom. The maximum absolute atomic E-state index is 12.3. The number of nitrogens with one attached hydrogen (secondary N) is 1. The molecular formula is C25H28ClN3O6. The van der Waals surface area contributed by atoms with E-state index in [4.69, 9.17) is 11.6 Å². The predicted octanol–water partition coefficient (Wildman–Crippen LogP) is 4.68. The summed E-state index contributed by atoms with van der Waals surface area (Å²) in [7, 11) is 0. The molecule has 2 aliphatic rings. The molecule has 10 heteroatoms. The Kier molecular flexibility index (Phi) is 8.45. The van der Waals surface area contributed by atoms with Crippen LogP contribution < -0.4 is 5.32 Å². The van der Waals surface area contributed by atoms with Crippen molar-refractivity contribution in [3.05, 3.63) is 63.1 Å². The van der Waals surface area contributed by atoms with Gasteiger partial charge in [-0.2, -0.15) is 5.01 Å². The topological polar surface area (TPSA) is 136 Å². The van der Waals surface area contributed by atoms with E-state index in [1.54, 1.807) is 13.0 Å². The van der Waals surface area contributed by atoms with Crippen LogP contribution in [0.1, 0.15) is 70.0 Å². The van der Waals surface area contributed by atoms with E-state index in [1.807, 2.05) is 0 Å². The fraction of sp³-hybridized carbons (Fsp3) is 0.400. The van der Waals surface area contributed by atoms with Gasteiger partial charge in [-0.3, -0.25) is 9.59 Å². The van der Waals surface area contributed by atoms with E-state index < -0.39 is 11.8 Å². The number of carbonyl (C=O) groups excluding carboxylic acids is 3. The van der Waals surface area contributed by atoms with Crippen LogP contribution in [-0.4, -0.2) is 51.3 Å². The molecule has 0 bridgehead atoms. The first kappa shape index (κ1) is 26.2. The van der Waals surface area contributed by atoms with Gasteiger partial charge in [0.25, 0.3) is 0 Å². The highest BCUT2D eigenvalue weighted by molar-refractivity contribution is 6.30. The number of amides is 2. The maximum atomic E-state index is 12.3. The summed E-state index contributed by atoms with van der Waals surface area (Å²) < 4.78 is 0. The van der Waals surface area contributed by atoms with Gasteiger partial charge < -0.3 is 15.5 Å². The van der Waals surface area contributed by atoms with E-state index in [2.05, 4.69) is 17.5 Å². The van der Waals surface area contributed by atoms with Crippen LogP contribution in [0.5, 0.6) is 11.5 Å². The lowest BCUT2D eigenvalue weighted by molar-refractivity contribution is 0.0974. The number of benzene rings is 2. The zero-order chi connectivity index (χ0) is 25.7. The number of ketones is 2. The Bertz CT molecular complexity index is 1140. The van der Waals surface area contributed by atoms with Gasteiger partial charge in [0.15, 0.2) is 5.78 Å². The molecule has 35 heavy (non-hydrogen) atoms. The summed E-state index contributed by atoms with van der Waals surface area (Å²) in [5.74, 6) is -0.430. The SMILES string of the molecule is CC1CCC(NC(=O)N(CCCl)N=O)CC1.Cc1cc(O)c2c(c1)C(=O)c1cccc(O)c1C2=O. The highest BCUT2D eigenvalue weighted by atomic mass is 35.5. The Hall–Kier alpha value is -3.46. The minimum Gasteiger partial charge on any atom is -0.507 e. The van der Waals surface area contributed by atoms with Crippen molar-refractivity contribution in [1.29, 1.82) is 0 Å². The van der Waals surface area contributed by atoms with Crippen LogP contribution in [0, 0.1) is 17.7 Å². The standard InChI is InChI=1S/C15H10O4.C10H18ClN3O2/c1-7-5-9-13(11(17)6-7)15(19)12-8(14(9)18)3-2-4-10(12)16;1-8-2-4-9(5-3-8)12-10(15)14(13-16)7-6-11/h2-6,16-17H,1H3;8-9H,2-7H2,1H3,(H,12,15). The lowest BCUT2D eigenvalue weighted by Crippen LogP contribution is -2.44. The van der Waals surface area contributed by atoms with Gasteiger partial charge in [-0.25, -0.2) is 4.79 Å². The quantitative estimate of drug-likeness (QED) is 0.270. The van der Waals surface area contributed by atoms with Crippen molar-refractivity contribution in [1.82, 2.24) is 10.3 Å². The van der Waals surface area contributed by atoms with Gasteiger partial charge in [-0.05, 0) is 62.3 Å². The Morgan fingerprint density at radius 1 is 1.06 bits per heavy atom. The normalized spacial score (nSPS) is 18.5. The Balaban J connectivity index is 0.000000199. The van der Waals surface area contributed by atoms with Crippen LogP contribution in [0.3, 0.4) is 0 Å². The number of nitrogens with zero attached hydrogens (tertiary/aromatic N) is 2. The second-order valence-electron chi connectivity index (χ2n) is 8.86. The third-order valence-corrected chi connectivity index (χ3v) is 6.39. The molecule has 9 nitrogen and oxygen atoms in total. The summed E-state index contributed by atoms with van der Waals surface area (Å²) in [6.45, 7) is 4.10. The predicted molar refractivity (Wildman–Crippen MR) is 131 cm³/mol. The Morgan fingerprint density at radius 2 is 1.71 bits per heavy atom. The molecule has 0 radical (unpaired) electrons. The number of rotatable bonds is 4. The molecule has 0 aromatic heterocycles. The number of fused-ring (bicyclic) bond motifs is 2. The molecule has 2 aromatic carbocycles. The van der Waals surface area contributed by atoms with Crippen LogP contribution in [0.4, 0.5) is 4.79 Å². The average molecular weight is 502 g/mol. The molecule has 0 heterocycles. The first-order valence-corrected chi connectivity index (χ1v) is 11.9. The third kappa shape index (κ3) is 5.79. The molecule has 3 N–H and O–H groups in total. The summed E-state index contributed by atoms with van der Waals surface area (Å²) >= 11 is 5.46. The molecule has 1 saturated carbocycles. The molecular weight excluding hydrogens is 474 g/mol. The molecule has 2 aromatic rings. The first-order chi connectivity index (χ1) is 16.7. The molecule has 0 aliphatic heterocycles. The number of phenols is 2. The fourth-order valence-corrected chi connectivity index (χ4v) is 4.50. The highest BCUT2D eigenvalue weighted by Gasteiger charge is 2.34. The maximum Gasteiger partial charge on any atom is 0.340 e. The molecule has 1 fully saturated rings. The van der Waals surface area contributed by atoms with Gasteiger partial charge >= 0.3 is 6.03 Å². The van der Waals surface area contributed by atoms with Crippen LogP contribution >= 0.6 is 11.6 Å². The molecule has 2 aliphatic carbocycles. The van der Waals surface area contributed by atoms with Crippen LogP contribution in [0.25, 0.3) is 0 Å². The number of carbonyl (C=O) groups is 3. The number of alkyl halides is 1. The monoisotopic (exact) mass is 501 g/mol. The number of phenolic OH excluding ortho intramolecular Hbond substituents is 2. The van der Waals surface area contributed by atoms with Crippen molar-refractivity contribution in [3.63, 3.8) is 0 Å². The first-order valence-electron chi connectivity index (χ1n) is 11.4. The number of aromatic hydroxyl groups is 2. The Labute approximate surface area is 208 Å². The second kappa shape index (κ2) is 11.3. The largest absolute Gasteiger partial charge is 0.507 e. The van der Waals surface area contributed by atoms with Crippen molar-refractivity contribution >= 4 is 29.2 Å². The lowest BCUT2D eigenvalue weighted by Gasteiger charge is -2.27. The van der Waals surface area contributed by atoms with Crippen LogP contribution in [0.2, 0.25) is 0 Å². The van der Waals surface area contributed by atoms with E-state index in [9.17, 15) is 29.5 Å². The summed E-state index contributed by atoms with van der Waals surface area (Å²) in [4.78, 5) is 46.6. The van der Waals surface area contributed by atoms with E-state index >= 15 is 0 Å². The molecule has 2 amide bonds. The van der Waals surface area contributed by atoms with E-state index in [-0.39, 0.29) is 58.0 Å². The fourth-order valence-electron chi connectivity index (χ4n) is 4.34. The van der Waals surface area contributed by atoms with Crippen molar-refractivity contribution < 1.29 is 24.6 Å². The highest BCUT2D eigenvalue weighted by Crippen LogP contribution is 2.36. The zero-order valence-corrected chi connectivity index (χ0v) is 20.3. The van der Waals surface area contributed by atoms with Gasteiger partial charge in [-0.15, -0.1) is 16.5 Å². The molecule has 0 spiro atoms. The van der Waals surface area contributed by atoms with Gasteiger partial charge in [0.2, 0.25) is 5.78 Å². The number of halogens is 1. The van der Waals surface area contributed by atoms with Crippen molar-refractivity contribution in [2.24, 2.45) is 11.2 Å². The minimum absolute atomic E-state index is 0.0374. The summed E-state index contributed by atoms with van der Waals surface area (Å²) in [6, 6.07) is 7.09. The minimum atomic E-state index is -0.528. The molecule has 4 rings (SSSR count). The third-order valence-electron chi connectivity index (χ3n) is 6.22. The zero-order valence-electron chi connectivity index (χ0n) is 19.6. The van der Waals surface area contributed by atoms with Crippen LogP contribution in [-0.2, 0) is 0 Å². The van der Waals surface area contributed by atoms with Gasteiger partial charge in [0.1, 0.15) is 11.5 Å². The van der Waals surface area contributed by atoms with Gasteiger partial charge in [0, 0.05) is 23.0 Å². The van der Waals surface area contributed by atoms with E-state index in [1.165, 1.54) is 24.3 Å². The van der Waals surface area contributed by atoms with Crippen molar-refractivity contribution in [2.45, 2.75) is 45.6 Å². The summed E-state index contributed by atoms with van der Waals surface area (Å²) in [6.07, 6.45) is 4.19. The number of urea groups is 1. The van der Waals surface area contributed by atoms with Crippen molar-refractivity contribution in [2.75, 3.05) is 12.4 Å². The van der Waals surface area contributed by atoms with E-state index in [0.717, 1.165) is 36.6 Å². The number of hydrogen-bond acceptors (Lipinski definition) is 7. The van der Waals surface area contributed by atoms with Crippen molar-refractivity contribution in [3.8, 4) is 11.5 Å². The second-order valence-corrected chi connectivity index (χ2v) is 9.24. The molecule has 186 valence electrons. The smallest absolute Gasteiger partial charge is 0.340 e. The average Bonchev–Trinajstić information content (AvgIpc) is 2.82. The molecule has 0 unspecified atom stereocenters. The number of aryl methyl sites for hydroxylation is 1. The van der Waals surface area contributed by atoms with E-state index in [0.29, 0.717) is 5.56 Å². The number of nitroso groups, excluding NO2 is 1. The molecule has 0 atom stereocenters. The van der Waals surface area contributed by atoms with Crippen LogP contribution in [0.15, 0.2) is 35.6 Å². The number of hydrogen-bond donors (Lipinski definition) is 3. The summed E-state index contributed by atoms with van der Waals surface area (Å²) in [5.41, 5.74) is 0.966. The molecule has 0 saturated heterocycles.